The second kappa shape index (κ2) is 5.53. The predicted molar refractivity (Wildman–Crippen MR) is 58.0 cm³/mol. The van der Waals surface area contributed by atoms with Gasteiger partial charge in [0.25, 0.3) is 0 Å². The second-order valence-corrected chi connectivity index (χ2v) is 4.45. The van der Waals surface area contributed by atoms with Gasteiger partial charge in [0.05, 0.1) is 5.02 Å². The fraction of sp³-hybridized carbons (Fsp3) is 0.300. The minimum Gasteiger partial charge on any atom is -0.420 e. The molecule has 0 atom stereocenters. The SMILES string of the molecule is O=C(Oc1ccc(Cl)cc1Cl)C(F)(F)C(F)(F)C(F)(F)F. The van der Waals surface area contributed by atoms with Crippen molar-refractivity contribution in [3.8, 4) is 5.75 Å². The highest BCUT2D eigenvalue weighted by molar-refractivity contribution is 6.35. The van der Waals surface area contributed by atoms with E-state index in [1.165, 1.54) is 0 Å². The Bertz CT molecular complexity index is 557. The van der Waals surface area contributed by atoms with E-state index in [1.807, 2.05) is 0 Å². The molecule has 0 fully saturated rings. The summed E-state index contributed by atoms with van der Waals surface area (Å²) in [6.45, 7) is 0. The Morgan fingerprint density at radius 2 is 1.52 bits per heavy atom. The number of carbonyl (C=O) groups is 1. The molecule has 0 heterocycles. The van der Waals surface area contributed by atoms with Crippen LogP contribution in [0.2, 0.25) is 10.0 Å². The van der Waals surface area contributed by atoms with E-state index in [9.17, 15) is 35.5 Å². The lowest BCUT2D eigenvalue weighted by molar-refractivity contribution is -0.346. The zero-order chi connectivity index (χ0) is 16.6. The molecular weight excluding hydrogens is 356 g/mol. The van der Waals surface area contributed by atoms with Gasteiger partial charge in [-0.2, -0.15) is 30.7 Å². The van der Waals surface area contributed by atoms with Gasteiger partial charge in [-0.1, -0.05) is 23.2 Å². The third-order valence-corrected chi connectivity index (χ3v) is 2.63. The number of halogens is 9. The van der Waals surface area contributed by atoms with Gasteiger partial charge < -0.3 is 4.74 Å². The van der Waals surface area contributed by atoms with Crippen molar-refractivity contribution in [3.05, 3.63) is 28.2 Å². The summed E-state index contributed by atoms with van der Waals surface area (Å²) in [5.41, 5.74) is 0. The molecule has 0 aliphatic rings. The monoisotopic (exact) mass is 358 g/mol. The van der Waals surface area contributed by atoms with Gasteiger partial charge in [-0.15, -0.1) is 0 Å². The van der Waals surface area contributed by atoms with Crippen molar-refractivity contribution < 1.29 is 40.3 Å². The van der Waals surface area contributed by atoms with E-state index in [-0.39, 0.29) is 5.02 Å². The fourth-order valence-corrected chi connectivity index (χ4v) is 1.48. The van der Waals surface area contributed by atoms with E-state index >= 15 is 0 Å². The van der Waals surface area contributed by atoms with Crippen LogP contribution in [0.5, 0.6) is 5.75 Å². The third-order valence-electron chi connectivity index (χ3n) is 2.10. The summed E-state index contributed by atoms with van der Waals surface area (Å²) in [6.07, 6.45) is -6.64. The van der Waals surface area contributed by atoms with E-state index < -0.39 is 34.8 Å². The molecule has 0 radical (unpaired) electrons. The molecule has 0 saturated heterocycles. The fourth-order valence-electron chi connectivity index (χ4n) is 1.03. The Kier molecular flexibility index (Phi) is 4.69. The minimum atomic E-state index is -6.64. The maximum absolute atomic E-state index is 13.0. The van der Waals surface area contributed by atoms with Crippen molar-refractivity contribution in [2.24, 2.45) is 0 Å². The lowest BCUT2D eigenvalue weighted by atomic mass is 10.1. The maximum atomic E-state index is 13.0. The van der Waals surface area contributed by atoms with Gasteiger partial charge in [-0.3, -0.25) is 0 Å². The third kappa shape index (κ3) is 3.34. The average Bonchev–Trinajstić information content (AvgIpc) is 2.30. The predicted octanol–water partition coefficient (Wildman–Crippen LogP) is 4.73. The van der Waals surface area contributed by atoms with Crippen LogP contribution in [0.15, 0.2) is 18.2 Å². The van der Waals surface area contributed by atoms with Gasteiger partial charge >= 0.3 is 24.0 Å². The standard InChI is InChI=1S/C10H3Cl2F7O2/c11-4-1-2-6(5(12)3-4)21-7(20)8(13,14)9(15,16)10(17,18)19/h1-3H. The summed E-state index contributed by atoms with van der Waals surface area (Å²) in [4.78, 5) is 10.9. The maximum Gasteiger partial charge on any atom is 0.460 e. The Labute approximate surface area is 122 Å². The van der Waals surface area contributed by atoms with Gasteiger partial charge in [0.15, 0.2) is 0 Å². The topological polar surface area (TPSA) is 26.3 Å². The van der Waals surface area contributed by atoms with Crippen LogP contribution >= 0.6 is 23.2 Å². The molecule has 0 aliphatic carbocycles. The highest BCUT2D eigenvalue weighted by Gasteiger charge is 2.77. The summed E-state index contributed by atoms with van der Waals surface area (Å²) in [5, 5.41) is -0.533. The average molecular weight is 359 g/mol. The molecule has 21 heavy (non-hydrogen) atoms. The molecule has 0 N–H and O–H groups in total. The molecule has 1 aromatic carbocycles. The molecule has 11 heteroatoms. The summed E-state index contributed by atoms with van der Waals surface area (Å²) in [5.74, 6) is -16.7. The van der Waals surface area contributed by atoms with Crippen LogP contribution in [-0.2, 0) is 4.79 Å². The van der Waals surface area contributed by atoms with Gasteiger partial charge in [0, 0.05) is 5.02 Å². The van der Waals surface area contributed by atoms with Crippen molar-refractivity contribution in [2.75, 3.05) is 0 Å². The molecule has 1 aromatic rings. The largest absolute Gasteiger partial charge is 0.460 e. The lowest BCUT2D eigenvalue weighted by Gasteiger charge is -2.26. The van der Waals surface area contributed by atoms with Crippen LogP contribution in [0.25, 0.3) is 0 Å². The number of hydrogen-bond donors (Lipinski definition) is 0. The number of carbonyl (C=O) groups excluding carboxylic acids is 1. The molecular formula is C10H3Cl2F7O2. The van der Waals surface area contributed by atoms with Crippen LogP contribution in [0.1, 0.15) is 0 Å². The first-order valence-electron chi connectivity index (χ1n) is 4.80. The quantitative estimate of drug-likeness (QED) is 0.443. The lowest BCUT2D eigenvalue weighted by Crippen LogP contribution is -2.57. The molecule has 1 rings (SSSR count). The molecule has 2 nitrogen and oxygen atoms in total. The normalized spacial score (nSPS) is 13.2. The summed E-state index contributed by atoms with van der Waals surface area (Å²) < 4.78 is 90.6. The van der Waals surface area contributed by atoms with Crippen molar-refractivity contribution in [1.29, 1.82) is 0 Å². The van der Waals surface area contributed by atoms with E-state index in [2.05, 4.69) is 4.74 Å². The van der Waals surface area contributed by atoms with Crippen LogP contribution < -0.4 is 4.74 Å². The van der Waals surface area contributed by atoms with Crippen molar-refractivity contribution in [3.63, 3.8) is 0 Å². The Morgan fingerprint density at radius 3 is 1.95 bits per heavy atom. The first-order chi connectivity index (χ1) is 9.30. The van der Waals surface area contributed by atoms with Crippen molar-refractivity contribution in [2.45, 2.75) is 18.0 Å². The number of ether oxygens (including phenoxy) is 1. The highest BCUT2D eigenvalue weighted by atomic mass is 35.5. The Hall–Kier alpha value is -1.22. The highest BCUT2D eigenvalue weighted by Crippen LogP contribution is 2.47. The van der Waals surface area contributed by atoms with Crippen LogP contribution in [-0.4, -0.2) is 24.0 Å². The zero-order valence-corrected chi connectivity index (χ0v) is 11.0. The number of hydrogen-bond acceptors (Lipinski definition) is 2. The zero-order valence-electron chi connectivity index (χ0n) is 9.45. The number of benzene rings is 1. The second-order valence-electron chi connectivity index (χ2n) is 3.61. The smallest absolute Gasteiger partial charge is 0.420 e. The molecule has 0 aliphatic heterocycles. The summed E-state index contributed by atoms with van der Waals surface area (Å²) in [6, 6.07) is 2.66. The van der Waals surface area contributed by atoms with Crippen LogP contribution in [0.3, 0.4) is 0 Å². The first kappa shape index (κ1) is 17.8. The van der Waals surface area contributed by atoms with Gasteiger partial charge in [-0.05, 0) is 18.2 Å². The van der Waals surface area contributed by atoms with Crippen LogP contribution in [0, 0.1) is 0 Å². The Balaban J connectivity index is 3.07. The summed E-state index contributed by atoms with van der Waals surface area (Å²) >= 11 is 10.8. The molecule has 0 bridgehead atoms. The molecule has 0 aromatic heterocycles. The molecule has 118 valence electrons. The van der Waals surface area contributed by atoms with Gasteiger partial charge in [0.1, 0.15) is 5.75 Å². The Morgan fingerprint density at radius 1 is 1.00 bits per heavy atom. The number of alkyl halides is 7. The van der Waals surface area contributed by atoms with E-state index in [0.717, 1.165) is 18.2 Å². The van der Waals surface area contributed by atoms with E-state index in [0.29, 0.717) is 0 Å². The van der Waals surface area contributed by atoms with Crippen molar-refractivity contribution in [1.82, 2.24) is 0 Å². The number of esters is 1. The van der Waals surface area contributed by atoms with E-state index in [1.54, 1.807) is 0 Å². The first-order valence-corrected chi connectivity index (χ1v) is 5.56. The molecule has 0 amide bonds. The van der Waals surface area contributed by atoms with E-state index in [4.69, 9.17) is 23.2 Å². The summed E-state index contributed by atoms with van der Waals surface area (Å²) in [7, 11) is 0. The minimum absolute atomic E-state index is 0.00724. The molecule has 0 unspecified atom stereocenters. The molecule has 0 spiro atoms. The van der Waals surface area contributed by atoms with Gasteiger partial charge in [0.2, 0.25) is 0 Å². The molecule has 0 saturated carbocycles. The van der Waals surface area contributed by atoms with Crippen LogP contribution in [0.4, 0.5) is 30.7 Å². The van der Waals surface area contributed by atoms with Gasteiger partial charge in [-0.25, -0.2) is 4.79 Å². The van der Waals surface area contributed by atoms with Crippen molar-refractivity contribution >= 4 is 29.2 Å². The number of rotatable bonds is 3.